The van der Waals surface area contributed by atoms with Crippen molar-refractivity contribution < 1.29 is 26.0 Å². The maximum absolute atomic E-state index is 13.5. The Morgan fingerprint density at radius 2 is 1.80 bits per heavy atom. The summed E-state index contributed by atoms with van der Waals surface area (Å²) in [5.74, 6) is -0.749. The highest BCUT2D eigenvalue weighted by molar-refractivity contribution is 7.89. The minimum Gasteiger partial charge on any atom is -0.262 e. The normalized spacial score (nSPS) is 13.5. The third kappa shape index (κ3) is 3.94. The maximum Gasteiger partial charge on any atom is 0.409 e. The van der Waals surface area contributed by atoms with E-state index in [1.165, 1.54) is 0 Å². The van der Waals surface area contributed by atoms with Crippen molar-refractivity contribution in [2.45, 2.75) is 17.1 Å². The molecule has 0 aliphatic heterocycles. The van der Waals surface area contributed by atoms with Crippen LogP contribution < -0.4 is 0 Å². The van der Waals surface area contributed by atoms with Gasteiger partial charge in [0.05, 0.1) is 5.56 Å². The third-order valence-corrected chi connectivity index (χ3v) is 5.17. The van der Waals surface area contributed by atoms with Crippen LogP contribution >= 0.6 is 0 Å². The van der Waals surface area contributed by atoms with E-state index in [0.29, 0.717) is 0 Å². The van der Waals surface area contributed by atoms with E-state index < -0.39 is 38.5 Å². The first-order valence-corrected chi connectivity index (χ1v) is 8.16. The number of sulfonamides is 1. The second-order valence-corrected chi connectivity index (χ2v) is 7.04. The Balaban J connectivity index is 2.53. The van der Waals surface area contributed by atoms with E-state index in [4.69, 9.17) is 5.26 Å². The summed E-state index contributed by atoms with van der Waals surface area (Å²) in [7, 11) is -3.85. The number of nitrogens with zero attached hydrogens (tertiary/aromatic N) is 3. The number of nitriles is 1. The van der Waals surface area contributed by atoms with Crippen molar-refractivity contribution in [2.75, 3.05) is 7.05 Å². The molecule has 1 heterocycles. The number of hydrogen-bond donors (Lipinski definition) is 0. The maximum atomic E-state index is 13.5. The smallest absolute Gasteiger partial charge is 0.262 e. The van der Waals surface area contributed by atoms with Crippen LogP contribution in [0.15, 0.2) is 47.6 Å². The number of hydrogen-bond acceptors (Lipinski definition) is 4. The summed E-state index contributed by atoms with van der Waals surface area (Å²) in [5.41, 5.74) is -0.552. The Bertz CT molecular complexity index is 906. The number of benzene rings is 1. The molecule has 2 rings (SSSR count). The summed E-state index contributed by atoms with van der Waals surface area (Å²) in [6.07, 6.45) is -3.01. The Morgan fingerprint density at radius 1 is 1.20 bits per heavy atom. The number of rotatable bonds is 4. The predicted molar refractivity (Wildman–Crippen MR) is 79.1 cm³/mol. The zero-order chi connectivity index (χ0) is 18.8. The van der Waals surface area contributed by atoms with Crippen molar-refractivity contribution in [1.29, 1.82) is 5.26 Å². The lowest BCUT2D eigenvalue weighted by Gasteiger charge is -2.29. The molecule has 5 nitrogen and oxygen atoms in total. The van der Waals surface area contributed by atoms with Gasteiger partial charge in [-0.05, 0) is 23.8 Å². The van der Waals surface area contributed by atoms with Crippen molar-refractivity contribution in [3.63, 3.8) is 0 Å². The summed E-state index contributed by atoms with van der Waals surface area (Å²) >= 11 is 0. The van der Waals surface area contributed by atoms with E-state index in [1.54, 1.807) is 6.07 Å². The van der Waals surface area contributed by atoms with Crippen LogP contribution in [0.1, 0.15) is 17.2 Å². The molecule has 0 spiro atoms. The molecule has 25 heavy (non-hydrogen) atoms. The highest BCUT2D eigenvalue weighted by atomic mass is 32.2. The molecule has 0 amide bonds. The summed E-state index contributed by atoms with van der Waals surface area (Å²) in [6, 6.07) is 3.42. The Morgan fingerprint density at radius 3 is 2.32 bits per heavy atom. The van der Waals surface area contributed by atoms with Crippen molar-refractivity contribution >= 4 is 10.0 Å². The van der Waals surface area contributed by atoms with Crippen LogP contribution in [0, 0.1) is 17.1 Å². The van der Waals surface area contributed by atoms with Gasteiger partial charge < -0.3 is 0 Å². The minimum absolute atomic E-state index is 0.111. The predicted octanol–water partition coefficient (Wildman–Crippen LogP) is 3.02. The number of pyridine rings is 1. The van der Waals surface area contributed by atoms with Crippen molar-refractivity contribution in [2.24, 2.45) is 0 Å². The van der Waals surface area contributed by atoms with Crippen LogP contribution in [-0.4, -0.2) is 30.9 Å². The fraction of sp³-hybridized carbons (Fsp3) is 0.200. The quantitative estimate of drug-likeness (QED) is 0.773. The van der Waals surface area contributed by atoms with Crippen molar-refractivity contribution in [3.8, 4) is 6.07 Å². The molecule has 132 valence electrons. The fourth-order valence-corrected chi connectivity index (χ4v) is 3.50. The van der Waals surface area contributed by atoms with Gasteiger partial charge in [0.1, 0.15) is 22.8 Å². The molecule has 1 aromatic heterocycles. The first-order valence-electron chi connectivity index (χ1n) is 6.72. The molecule has 1 aromatic carbocycles. The van der Waals surface area contributed by atoms with Gasteiger partial charge in [0.15, 0.2) is 0 Å². The van der Waals surface area contributed by atoms with Crippen LogP contribution in [0.3, 0.4) is 0 Å². The molecule has 0 saturated carbocycles. The van der Waals surface area contributed by atoms with Crippen LogP contribution in [0.25, 0.3) is 0 Å². The SMILES string of the molecule is CN([C@H](c1ccc(F)cc1)C(F)(F)F)S(=O)(=O)c1cncc(C#N)c1. The highest BCUT2D eigenvalue weighted by Gasteiger charge is 2.47. The molecule has 0 saturated heterocycles. The summed E-state index contributed by atoms with van der Waals surface area (Å²) < 4.78 is 78.6. The molecule has 0 N–H and O–H groups in total. The molecule has 0 bridgehead atoms. The number of alkyl halides is 3. The summed E-state index contributed by atoms with van der Waals surface area (Å²) in [6.45, 7) is 0. The van der Waals surface area contributed by atoms with Gasteiger partial charge in [0.2, 0.25) is 10.0 Å². The number of aromatic nitrogens is 1. The first-order chi connectivity index (χ1) is 11.6. The molecule has 10 heteroatoms. The van der Waals surface area contributed by atoms with Gasteiger partial charge in [0.25, 0.3) is 0 Å². The van der Waals surface area contributed by atoms with Gasteiger partial charge in [-0.3, -0.25) is 4.98 Å². The minimum atomic E-state index is -4.94. The standard InChI is InChI=1S/C15H11F4N3O2S/c1-22(25(23,24)13-6-10(7-20)8-21-9-13)14(15(17,18)19)11-2-4-12(16)5-3-11/h2-6,8-9,14H,1H3/t14-/m1/s1. The highest BCUT2D eigenvalue weighted by Crippen LogP contribution is 2.39. The monoisotopic (exact) mass is 373 g/mol. The Kier molecular flexibility index (Phi) is 5.10. The molecule has 0 fully saturated rings. The molecule has 0 unspecified atom stereocenters. The van der Waals surface area contributed by atoms with Crippen molar-refractivity contribution in [1.82, 2.24) is 9.29 Å². The number of halogens is 4. The lowest BCUT2D eigenvalue weighted by atomic mass is 10.1. The van der Waals surface area contributed by atoms with E-state index in [9.17, 15) is 26.0 Å². The largest absolute Gasteiger partial charge is 0.409 e. The van der Waals surface area contributed by atoms with E-state index >= 15 is 0 Å². The molecule has 0 aliphatic rings. The lowest BCUT2D eigenvalue weighted by molar-refractivity contribution is -0.171. The second kappa shape index (κ2) is 6.78. The van der Waals surface area contributed by atoms with Gasteiger partial charge in [-0.25, -0.2) is 12.8 Å². The van der Waals surface area contributed by atoms with Gasteiger partial charge in [-0.1, -0.05) is 12.1 Å². The average molecular weight is 373 g/mol. The van der Waals surface area contributed by atoms with Gasteiger partial charge in [0, 0.05) is 19.4 Å². The molecule has 0 aliphatic carbocycles. The topological polar surface area (TPSA) is 74.1 Å². The summed E-state index contributed by atoms with van der Waals surface area (Å²) in [5, 5.41) is 8.79. The third-order valence-electron chi connectivity index (χ3n) is 3.38. The molecule has 0 radical (unpaired) electrons. The van der Waals surface area contributed by atoms with E-state index in [0.717, 1.165) is 49.8 Å². The van der Waals surface area contributed by atoms with E-state index in [2.05, 4.69) is 4.98 Å². The zero-order valence-corrected chi connectivity index (χ0v) is 13.5. The van der Waals surface area contributed by atoms with Gasteiger partial charge >= 0.3 is 6.18 Å². The molecular formula is C15H11F4N3O2S. The summed E-state index contributed by atoms with van der Waals surface area (Å²) in [4.78, 5) is 3.00. The zero-order valence-electron chi connectivity index (χ0n) is 12.7. The van der Waals surface area contributed by atoms with Crippen LogP contribution in [0.2, 0.25) is 0 Å². The van der Waals surface area contributed by atoms with E-state index in [-0.39, 0.29) is 9.87 Å². The van der Waals surface area contributed by atoms with Gasteiger partial charge in [-0.2, -0.15) is 22.7 Å². The first kappa shape index (κ1) is 18.8. The van der Waals surface area contributed by atoms with Crippen LogP contribution in [0.5, 0.6) is 0 Å². The van der Waals surface area contributed by atoms with Gasteiger partial charge in [-0.15, -0.1) is 0 Å². The Labute approximate surface area is 141 Å². The molecule has 1 atom stereocenters. The lowest BCUT2D eigenvalue weighted by Crippen LogP contribution is -2.39. The molecular weight excluding hydrogens is 362 g/mol. The van der Waals surface area contributed by atoms with Crippen molar-refractivity contribution in [3.05, 3.63) is 59.7 Å². The fourth-order valence-electron chi connectivity index (χ4n) is 2.18. The average Bonchev–Trinajstić information content (AvgIpc) is 2.55. The second-order valence-electron chi connectivity index (χ2n) is 5.04. The molecule has 2 aromatic rings. The van der Waals surface area contributed by atoms with Crippen LogP contribution in [0.4, 0.5) is 17.6 Å². The van der Waals surface area contributed by atoms with Crippen LogP contribution in [-0.2, 0) is 10.0 Å². The Hall–Kier alpha value is -2.51. The van der Waals surface area contributed by atoms with E-state index in [1.807, 2.05) is 0 Å².